The number of hydrogen-bond acceptors (Lipinski definition) is 4. The smallest absolute Gasteiger partial charge is 0.237 e. The molecule has 4 unspecified atom stereocenters. The number of halogens is 1. The highest BCUT2D eigenvalue weighted by atomic mass is 35.5. The molecule has 2 heterocycles. The molecule has 2 fully saturated rings. The van der Waals surface area contributed by atoms with Crippen LogP contribution in [0.1, 0.15) is 50.0 Å². The molecule has 1 saturated heterocycles. The fourth-order valence-corrected chi connectivity index (χ4v) is 4.16. The number of rotatable bonds is 4. The van der Waals surface area contributed by atoms with Crippen LogP contribution in [-0.2, 0) is 4.79 Å². The summed E-state index contributed by atoms with van der Waals surface area (Å²) >= 11 is 1.65. The lowest BCUT2D eigenvalue weighted by Gasteiger charge is -2.24. The molecule has 1 aromatic rings. The Bertz CT molecular complexity index is 440. The van der Waals surface area contributed by atoms with E-state index >= 15 is 0 Å². The monoisotopic (exact) mass is 329 g/mol. The molecule has 1 aliphatic carbocycles. The normalized spacial score (nSPS) is 29.3. The molecule has 1 aromatic heterocycles. The van der Waals surface area contributed by atoms with Crippen LogP contribution >= 0.6 is 23.7 Å². The summed E-state index contributed by atoms with van der Waals surface area (Å²) in [5.41, 5.74) is 0. The van der Waals surface area contributed by atoms with E-state index in [9.17, 15) is 4.79 Å². The van der Waals surface area contributed by atoms with Gasteiger partial charge in [-0.3, -0.25) is 4.79 Å². The maximum atomic E-state index is 12.3. The van der Waals surface area contributed by atoms with Crippen molar-refractivity contribution in [1.29, 1.82) is 0 Å². The number of hydrogen-bond donors (Lipinski definition) is 2. The van der Waals surface area contributed by atoms with Gasteiger partial charge in [-0.1, -0.05) is 19.8 Å². The van der Waals surface area contributed by atoms with Crippen LogP contribution in [0.2, 0.25) is 0 Å². The molecule has 1 aliphatic heterocycles. The van der Waals surface area contributed by atoms with E-state index in [2.05, 4.69) is 22.5 Å². The number of amides is 1. The summed E-state index contributed by atoms with van der Waals surface area (Å²) < 4.78 is 0. The van der Waals surface area contributed by atoms with Gasteiger partial charge in [0, 0.05) is 30.1 Å². The zero-order chi connectivity index (χ0) is 13.9. The van der Waals surface area contributed by atoms with Crippen molar-refractivity contribution in [3.8, 4) is 0 Å². The Balaban J connectivity index is 0.00000161. The fourth-order valence-electron chi connectivity index (χ4n) is 3.46. The second kappa shape index (κ2) is 7.56. The zero-order valence-corrected chi connectivity index (χ0v) is 14.0. The predicted molar refractivity (Wildman–Crippen MR) is 88.1 cm³/mol. The third-order valence-electron chi connectivity index (χ3n) is 4.63. The molecule has 4 atom stereocenters. The molecule has 0 radical (unpaired) electrons. The highest BCUT2D eigenvalue weighted by molar-refractivity contribution is 7.09. The molecule has 0 aromatic carbocycles. The molecule has 4 nitrogen and oxygen atoms in total. The average molecular weight is 330 g/mol. The van der Waals surface area contributed by atoms with Crippen LogP contribution in [0.3, 0.4) is 0 Å². The van der Waals surface area contributed by atoms with E-state index in [1.165, 1.54) is 25.7 Å². The molecule has 2 aliphatic rings. The van der Waals surface area contributed by atoms with Gasteiger partial charge >= 0.3 is 0 Å². The maximum Gasteiger partial charge on any atom is 0.237 e. The molecule has 1 saturated carbocycles. The summed E-state index contributed by atoms with van der Waals surface area (Å²) in [6.45, 7) is 2.79. The fraction of sp³-hybridized carbons (Fsp3) is 0.733. The summed E-state index contributed by atoms with van der Waals surface area (Å²) in [5.74, 6) is 1.18. The van der Waals surface area contributed by atoms with E-state index in [1.807, 2.05) is 11.6 Å². The number of fused-ring (bicyclic) bond motifs is 1. The number of nitrogens with one attached hydrogen (secondary N) is 2. The molecule has 0 spiro atoms. The van der Waals surface area contributed by atoms with Gasteiger partial charge in [0.15, 0.2) is 0 Å². The minimum atomic E-state index is 0. The van der Waals surface area contributed by atoms with Crippen LogP contribution in [0.15, 0.2) is 11.6 Å². The first-order chi connectivity index (χ1) is 9.74. The van der Waals surface area contributed by atoms with Gasteiger partial charge < -0.3 is 10.6 Å². The van der Waals surface area contributed by atoms with Crippen molar-refractivity contribution in [2.45, 2.75) is 57.0 Å². The lowest BCUT2D eigenvalue weighted by molar-refractivity contribution is -0.122. The summed E-state index contributed by atoms with van der Waals surface area (Å²) in [5, 5.41) is 9.69. The van der Waals surface area contributed by atoms with Crippen molar-refractivity contribution in [2.75, 3.05) is 6.54 Å². The lowest BCUT2D eigenvalue weighted by Crippen LogP contribution is -2.44. The highest BCUT2D eigenvalue weighted by Crippen LogP contribution is 2.33. The molecule has 2 N–H and O–H groups in total. The molecular formula is C15H24ClN3OS. The summed E-state index contributed by atoms with van der Waals surface area (Å²) in [6, 6.07) is 0.600. The van der Waals surface area contributed by atoms with Crippen molar-refractivity contribution in [3.63, 3.8) is 0 Å². The van der Waals surface area contributed by atoms with Crippen molar-refractivity contribution in [2.24, 2.45) is 5.92 Å². The Morgan fingerprint density at radius 3 is 3.05 bits per heavy atom. The molecule has 6 heteroatoms. The Hall–Kier alpha value is -0.650. The molecular weight excluding hydrogens is 306 g/mol. The Morgan fingerprint density at radius 2 is 2.33 bits per heavy atom. The summed E-state index contributed by atoms with van der Waals surface area (Å²) in [4.78, 5) is 16.6. The average Bonchev–Trinajstić information content (AvgIpc) is 3.12. The van der Waals surface area contributed by atoms with Crippen molar-refractivity contribution < 1.29 is 4.79 Å². The van der Waals surface area contributed by atoms with E-state index < -0.39 is 0 Å². The largest absolute Gasteiger partial charge is 0.354 e. The predicted octanol–water partition coefficient (Wildman–Crippen LogP) is 2.71. The van der Waals surface area contributed by atoms with E-state index in [1.54, 1.807) is 11.3 Å². The summed E-state index contributed by atoms with van der Waals surface area (Å²) in [7, 11) is 0. The van der Waals surface area contributed by atoms with Gasteiger partial charge in [0.05, 0.1) is 11.0 Å². The standard InChI is InChI=1S/C15H23N3OS.ClH/c1-10(15-16-6-7-20-15)9-17-14(19)13-8-11-4-2-3-5-12(11)18-13;/h6-7,10-13,18H,2-5,8-9H2,1H3,(H,17,19);1H. The number of carbonyl (C=O) groups excluding carboxylic acids is 1. The Morgan fingerprint density at radius 1 is 1.52 bits per heavy atom. The SMILES string of the molecule is CC(CNC(=O)C1CC2CCCCC2N1)c1nccs1.Cl. The van der Waals surface area contributed by atoms with Gasteiger partial charge in [-0.15, -0.1) is 23.7 Å². The van der Waals surface area contributed by atoms with Crippen molar-refractivity contribution in [1.82, 2.24) is 15.6 Å². The van der Waals surface area contributed by atoms with E-state index in [4.69, 9.17) is 0 Å². The van der Waals surface area contributed by atoms with E-state index in [0.717, 1.165) is 17.3 Å². The Kier molecular flexibility index (Phi) is 6.02. The van der Waals surface area contributed by atoms with Gasteiger partial charge in [-0.25, -0.2) is 4.98 Å². The topological polar surface area (TPSA) is 54.0 Å². The quantitative estimate of drug-likeness (QED) is 0.893. The van der Waals surface area contributed by atoms with Crippen molar-refractivity contribution in [3.05, 3.63) is 16.6 Å². The highest BCUT2D eigenvalue weighted by Gasteiger charge is 2.38. The Labute approximate surface area is 136 Å². The van der Waals surface area contributed by atoms with Gasteiger partial charge in [0.25, 0.3) is 0 Å². The minimum absolute atomic E-state index is 0. The number of carbonyl (C=O) groups is 1. The number of aromatic nitrogens is 1. The molecule has 21 heavy (non-hydrogen) atoms. The molecule has 1 amide bonds. The van der Waals surface area contributed by atoms with Crippen LogP contribution in [-0.4, -0.2) is 29.5 Å². The van der Waals surface area contributed by atoms with Crippen LogP contribution in [0.4, 0.5) is 0 Å². The third-order valence-corrected chi connectivity index (χ3v) is 5.64. The number of nitrogens with zero attached hydrogens (tertiary/aromatic N) is 1. The van der Waals surface area contributed by atoms with Gasteiger partial charge in [0.1, 0.15) is 0 Å². The van der Waals surface area contributed by atoms with Gasteiger partial charge in [-0.2, -0.15) is 0 Å². The third kappa shape index (κ3) is 3.96. The molecule has 118 valence electrons. The van der Waals surface area contributed by atoms with Crippen LogP contribution in [0.25, 0.3) is 0 Å². The van der Waals surface area contributed by atoms with Gasteiger partial charge in [0.2, 0.25) is 5.91 Å². The molecule has 0 bridgehead atoms. The molecule has 3 rings (SSSR count). The lowest BCUT2D eigenvalue weighted by atomic mass is 9.85. The first-order valence-electron chi connectivity index (χ1n) is 7.67. The second-order valence-corrected chi connectivity index (χ2v) is 7.05. The first kappa shape index (κ1) is 16.7. The summed E-state index contributed by atoms with van der Waals surface area (Å²) in [6.07, 6.45) is 8.01. The van der Waals surface area contributed by atoms with E-state index in [-0.39, 0.29) is 24.4 Å². The maximum absolute atomic E-state index is 12.3. The van der Waals surface area contributed by atoms with Crippen LogP contribution in [0, 0.1) is 5.92 Å². The zero-order valence-electron chi connectivity index (χ0n) is 12.4. The minimum Gasteiger partial charge on any atom is -0.354 e. The van der Waals surface area contributed by atoms with E-state index in [0.29, 0.717) is 18.5 Å². The van der Waals surface area contributed by atoms with Crippen LogP contribution < -0.4 is 10.6 Å². The first-order valence-corrected chi connectivity index (χ1v) is 8.55. The number of thiazole rings is 1. The van der Waals surface area contributed by atoms with Crippen LogP contribution in [0.5, 0.6) is 0 Å². The second-order valence-electron chi connectivity index (χ2n) is 6.12. The van der Waals surface area contributed by atoms with Crippen molar-refractivity contribution >= 4 is 29.7 Å². The van der Waals surface area contributed by atoms with Gasteiger partial charge in [-0.05, 0) is 25.2 Å².